The minimum absolute atomic E-state index is 0.0811. The molecule has 1 aromatic heterocycles. The Labute approximate surface area is 147 Å². The Bertz CT molecular complexity index is 945. The highest BCUT2D eigenvalue weighted by atomic mass is 35.5. The summed E-state index contributed by atoms with van der Waals surface area (Å²) in [6.07, 6.45) is 0. The maximum Gasteiger partial charge on any atom is 0.270 e. The molecule has 0 unspecified atom stereocenters. The lowest BCUT2D eigenvalue weighted by atomic mass is 10.1. The van der Waals surface area contributed by atoms with Crippen molar-refractivity contribution in [2.24, 2.45) is 4.99 Å². The first kappa shape index (κ1) is 16.4. The summed E-state index contributed by atoms with van der Waals surface area (Å²) in [5, 5.41) is 13.6. The second-order valence-corrected chi connectivity index (χ2v) is 6.32. The van der Waals surface area contributed by atoms with Gasteiger partial charge in [0.2, 0.25) is 0 Å². The molecule has 0 aliphatic carbocycles. The van der Waals surface area contributed by atoms with Gasteiger partial charge in [-0.25, -0.2) is 4.99 Å². The van der Waals surface area contributed by atoms with Gasteiger partial charge < -0.3 is 4.57 Å². The van der Waals surface area contributed by atoms with Crippen LogP contribution in [0.4, 0.5) is 11.4 Å². The van der Waals surface area contributed by atoms with E-state index in [-0.39, 0.29) is 10.6 Å². The van der Waals surface area contributed by atoms with E-state index >= 15 is 0 Å². The molecule has 0 atom stereocenters. The van der Waals surface area contributed by atoms with E-state index in [1.54, 1.807) is 24.3 Å². The van der Waals surface area contributed by atoms with Gasteiger partial charge >= 0.3 is 0 Å². The second kappa shape index (κ2) is 6.98. The highest BCUT2D eigenvalue weighted by Gasteiger charge is 2.11. The van der Waals surface area contributed by atoms with Crippen molar-refractivity contribution < 1.29 is 4.92 Å². The van der Waals surface area contributed by atoms with Crippen LogP contribution in [0.2, 0.25) is 5.02 Å². The Kier molecular flexibility index (Phi) is 4.78. The van der Waals surface area contributed by atoms with Crippen LogP contribution in [0.15, 0.2) is 58.9 Å². The molecule has 2 aromatic carbocycles. The molecule has 5 nitrogen and oxygen atoms in total. The fourth-order valence-electron chi connectivity index (χ4n) is 2.36. The minimum atomic E-state index is -0.384. The summed E-state index contributed by atoms with van der Waals surface area (Å²) in [5.41, 5.74) is 2.62. The molecule has 0 saturated carbocycles. The minimum Gasteiger partial charge on any atom is -0.317 e. The average molecular weight is 360 g/mol. The molecule has 0 aliphatic heterocycles. The van der Waals surface area contributed by atoms with Gasteiger partial charge in [0.1, 0.15) is 0 Å². The molecule has 0 spiro atoms. The van der Waals surface area contributed by atoms with Crippen molar-refractivity contribution in [2.75, 3.05) is 0 Å². The smallest absolute Gasteiger partial charge is 0.270 e. The third-order valence-corrected chi connectivity index (χ3v) is 4.63. The summed E-state index contributed by atoms with van der Waals surface area (Å²) in [6.45, 7) is 2.74. The molecular weight excluding hydrogens is 346 g/mol. The Morgan fingerprint density at radius 2 is 2.00 bits per heavy atom. The topological polar surface area (TPSA) is 60.4 Å². The van der Waals surface area contributed by atoms with E-state index in [0.717, 1.165) is 21.7 Å². The van der Waals surface area contributed by atoms with E-state index in [0.29, 0.717) is 11.6 Å². The number of nitro benzene ring substituents is 1. The average Bonchev–Trinajstić information content (AvgIpc) is 2.99. The number of rotatable bonds is 4. The first-order valence-corrected chi connectivity index (χ1v) is 8.57. The SMILES string of the molecule is CCn1c(-c2cccc([N+](=O)[O-])c2)csc1=Nc1ccc(Cl)cc1. The fraction of sp³-hybridized carbons (Fsp3) is 0.118. The molecule has 3 aromatic rings. The van der Waals surface area contributed by atoms with Crippen molar-refractivity contribution in [3.63, 3.8) is 0 Å². The summed E-state index contributed by atoms with van der Waals surface area (Å²) in [5.74, 6) is 0. The number of aromatic nitrogens is 1. The molecule has 0 bridgehead atoms. The van der Waals surface area contributed by atoms with E-state index in [9.17, 15) is 10.1 Å². The molecule has 122 valence electrons. The van der Waals surface area contributed by atoms with Crippen molar-refractivity contribution in [2.45, 2.75) is 13.5 Å². The van der Waals surface area contributed by atoms with Crippen molar-refractivity contribution in [3.05, 3.63) is 73.8 Å². The zero-order valence-corrected chi connectivity index (χ0v) is 14.4. The molecule has 24 heavy (non-hydrogen) atoms. The monoisotopic (exact) mass is 359 g/mol. The number of benzene rings is 2. The normalized spacial score (nSPS) is 11.7. The predicted octanol–water partition coefficient (Wildman–Crippen LogP) is 5.03. The van der Waals surface area contributed by atoms with Crippen molar-refractivity contribution in [3.8, 4) is 11.3 Å². The highest BCUT2D eigenvalue weighted by Crippen LogP contribution is 2.25. The zero-order valence-electron chi connectivity index (χ0n) is 12.8. The van der Waals surface area contributed by atoms with Gasteiger partial charge in [0.25, 0.3) is 5.69 Å². The molecule has 3 rings (SSSR count). The number of non-ortho nitro benzene ring substituents is 1. The van der Waals surface area contributed by atoms with Crippen LogP contribution in [0.1, 0.15) is 6.92 Å². The molecule has 0 fully saturated rings. The van der Waals surface area contributed by atoms with Gasteiger partial charge in [-0.15, -0.1) is 11.3 Å². The third-order valence-electron chi connectivity index (χ3n) is 3.52. The molecule has 7 heteroatoms. The van der Waals surface area contributed by atoms with Crippen molar-refractivity contribution in [1.82, 2.24) is 4.57 Å². The van der Waals surface area contributed by atoms with Crippen LogP contribution in [0, 0.1) is 10.1 Å². The second-order valence-electron chi connectivity index (χ2n) is 5.04. The van der Waals surface area contributed by atoms with Crippen LogP contribution in [0.25, 0.3) is 11.3 Å². The van der Waals surface area contributed by atoms with E-state index in [4.69, 9.17) is 11.6 Å². The first-order valence-electron chi connectivity index (χ1n) is 7.32. The van der Waals surface area contributed by atoms with Gasteiger partial charge in [-0.2, -0.15) is 0 Å². The zero-order chi connectivity index (χ0) is 17.1. The predicted molar refractivity (Wildman–Crippen MR) is 96.7 cm³/mol. The Hall–Kier alpha value is -2.44. The van der Waals surface area contributed by atoms with Gasteiger partial charge in [-0.05, 0) is 31.2 Å². The lowest BCUT2D eigenvalue weighted by molar-refractivity contribution is -0.384. The summed E-state index contributed by atoms with van der Waals surface area (Å²) in [6, 6.07) is 13.9. The lowest BCUT2D eigenvalue weighted by Gasteiger charge is -2.06. The van der Waals surface area contributed by atoms with E-state index in [1.807, 2.05) is 35.1 Å². The Morgan fingerprint density at radius 3 is 2.67 bits per heavy atom. The van der Waals surface area contributed by atoms with Gasteiger partial charge in [0.15, 0.2) is 4.80 Å². The van der Waals surface area contributed by atoms with Crippen LogP contribution >= 0.6 is 22.9 Å². The molecule has 0 N–H and O–H groups in total. The largest absolute Gasteiger partial charge is 0.317 e. The molecular formula is C17H14ClN3O2S. The van der Waals surface area contributed by atoms with E-state index in [1.165, 1.54) is 17.4 Å². The van der Waals surface area contributed by atoms with Crippen LogP contribution in [0.3, 0.4) is 0 Å². The molecule has 1 heterocycles. The number of nitrogens with zero attached hydrogens (tertiary/aromatic N) is 3. The van der Waals surface area contributed by atoms with E-state index in [2.05, 4.69) is 4.99 Å². The van der Waals surface area contributed by atoms with E-state index < -0.39 is 0 Å². The van der Waals surface area contributed by atoms with Gasteiger partial charge in [-0.3, -0.25) is 10.1 Å². The van der Waals surface area contributed by atoms with Crippen molar-refractivity contribution in [1.29, 1.82) is 0 Å². The third kappa shape index (κ3) is 3.39. The lowest BCUT2D eigenvalue weighted by Crippen LogP contribution is -2.14. The van der Waals surface area contributed by atoms with Crippen LogP contribution in [0.5, 0.6) is 0 Å². The van der Waals surface area contributed by atoms with Crippen LogP contribution in [-0.2, 0) is 6.54 Å². The number of thiazole rings is 1. The number of hydrogen-bond acceptors (Lipinski definition) is 4. The Morgan fingerprint density at radius 1 is 1.25 bits per heavy atom. The molecule has 0 radical (unpaired) electrons. The summed E-state index contributed by atoms with van der Waals surface area (Å²) in [7, 11) is 0. The van der Waals surface area contributed by atoms with Gasteiger partial charge in [0.05, 0.1) is 16.3 Å². The molecule has 0 amide bonds. The van der Waals surface area contributed by atoms with Crippen LogP contribution in [-0.4, -0.2) is 9.49 Å². The number of nitro groups is 1. The summed E-state index contributed by atoms with van der Waals surface area (Å²) < 4.78 is 2.04. The van der Waals surface area contributed by atoms with Gasteiger partial charge in [0, 0.05) is 34.6 Å². The van der Waals surface area contributed by atoms with Crippen LogP contribution < -0.4 is 4.80 Å². The summed E-state index contributed by atoms with van der Waals surface area (Å²) in [4.78, 5) is 16.1. The maximum absolute atomic E-state index is 11.0. The summed E-state index contributed by atoms with van der Waals surface area (Å²) >= 11 is 7.40. The van der Waals surface area contributed by atoms with Crippen molar-refractivity contribution >= 4 is 34.3 Å². The maximum atomic E-state index is 11.0. The standard InChI is InChI=1S/C17H14ClN3O2S/c1-2-20-16(12-4-3-5-15(10-12)21(22)23)11-24-17(20)19-14-8-6-13(18)7-9-14/h3-11H,2H2,1H3. The van der Waals surface area contributed by atoms with Gasteiger partial charge in [-0.1, -0.05) is 23.7 Å². The quantitative estimate of drug-likeness (QED) is 0.484. The molecule has 0 aliphatic rings. The molecule has 0 saturated heterocycles. The first-order chi connectivity index (χ1) is 11.6. The number of halogens is 1. The fourth-order valence-corrected chi connectivity index (χ4v) is 3.48. The Balaban J connectivity index is 2.08. The number of hydrogen-bond donors (Lipinski definition) is 0. The highest BCUT2D eigenvalue weighted by molar-refractivity contribution is 7.07.